The first-order valence-corrected chi connectivity index (χ1v) is 3.88. The lowest BCUT2D eigenvalue weighted by Crippen LogP contribution is -1.97. The highest BCUT2D eigenvalue weighted by atomic mass is 19.1. The molecule has 2 N–H and O–H groups in total. The summed E-state index contributed by atoms with van der Waals surface area (Å²) in [6.07, 6.45) is 1.41. The molecular formula is C9H11F2N. The number of hydrogen-bond donors (Lipinski definition) is 1. The van der Waals surface area contributed by atoms with Crippen LogP contribution in [0.1, 0.15) is 18.9 Å². The van der Waals surface area contributed by atoms with Gasteiger partial charge in [-0.15, -0.1) is 0 Å². The van der Waals surface area contributed by atoms with Crippen molar-refractivity contribution in [1.82, 2.24) is 0 Å². The van der Waals surface area contributed by atoms with Crippen LogP contribution in [0.3, 0.4) is 0 Å². The third-order valence-corrected chi connectivity index (χ3v) is 1.69. The maximum atomic E-state index is 12.9. The van der Waals surface area contributed by atoms with Crippen molar-refractivity contribution < 1.29 is 8.78 Å². The zero-order chi connectivity index (χ0) is 9.14. The smallest absolute Gasteiger partial charge is 0.149 e. The summed E-state index contributed by atoms with van der Waals surface area (Å²) in [6.45, 7) is 1.93. The molecule has 0 amide bonds. The van der Waals surface area contributed by atoms with Crippen LogP contribution >= 0.6 is 0 Å². The molecule has 0 saturated carbocycles. The standard InChI is InChI=1S/C9H11F2N/c1-2-3-6-4-9(12)8(11)5-7(6)10/h4-5H,2-3,12H2,1H3. The average Bonchev–Trinajstić information content (AvgIpc) is 2.01. The summed E-state index contributed by atoms with van der Waals surface area (Å²) < 4.78 is 25.6. The molecule has 1 nitrogen and oxygen atoms in total. The van der Waals surface area contributed by atoms with Crippen LogP contribution < -0.4 is 5.73 Å². The van der Waals surface area contributed by atoms with E-state index in [0.29, 0.717) is 12.0 Å². The Hall–Kier alpha value is -1.12. The first-order valence-electron chi connectivity index (χ1n) is 3.88. The summed E-state index contributed by atoms with van der Waals surface area (Å²) >= 11 is 0. The maximum Gasteiger partial charge on any atom is 0.149 e. The van der Waals surface area contributed by atoms with E-state index in [-0.39, 0.29) is 5.69 Å². The lowest BCUT2D eigenvalue weighted by molar-refractivity contribution is 0.573. The Kier molecular flexibility index (Phi) is 2.63. The van der Waals surface area contributed by atoms with Crippen molar-refractivity contribution in [2.45, 2.75) is 19.8 Å². The van der Waals surface area contributed by atoms with Crippen LogP contribution in [-0.4, -0.2) is 0 Å². The van der Waals surface area contributed by atoms with Gasteiger partial charge in [-0.1, -0.05) is 13.3 Å². The number of rotatable bonds is 2. The van der Waals surface area contributed by atoms with E-state index in [1.807, 2.05) is 6.92 Å². The van der Waals surface area contributed by atoms with Crippen molar-refractivity contribution in [2.24, 2.45) is 0 Å². The van der Waals surface area contributed by atoms with Crippen LogP contribution in [0.25, 0.3) is 0 Å². The third-order valence-electron chi connectivity index (χ3n) is 1.69. The molecule has 0 bridgehead atoms. The van der Waals surface area contributed by atoms with Crippen molar-refractivity contribution in [1.29, 1.82) is 0 Å². The Labute approximate surface area is 70.2 Å². The summed E-state index contributed by atoms with van der Waals surface area (Å²) in [4.78, 5) is 0. The van der Waals surface area contributed by atoms with E-state index < -0.39 is 11.6 Å². The SMILES string of the molecule is CCCc1cc(N)c(F)cc1F. The van der Waals surface area contributed by atoms with Gasteiger partial charge in [-0.3, -0.25) is 0 Å². The van der Waals surface area contributed by atoms with E-state index in [1.54, 1.807) is 0 Å². The predicted octanol–water partition coefficient (Wildman–Crippen LogP) is 2.50. The molecule has 66 valence electrons. The van der Waals surface area contributed by atoms with E-state index in [1.165, 1.54) is 6.07 Å². The fourth-order valence-corrected chi connectivity index (χ4v) is 1.07. The monoisotopic (exact) mass is 171 g/mol. The van der Waals surface area contributed by atoms with E-state index in [4.69, 9.17) is 5.73 Å². The van der Waals surface area contributed by atoms with Crippen molar-refractivity contribution in [3.63, 3.8) is 0 Å². The van der Waals surface area contributed by atoms with E-state index >= 15 is 0 Å². The van der Waals surface area contributed by atoms with E-state index in [0.717, 1.165) is 12.5 Å². The van der Waals surface area contributed by atoms with E-state index in [9.17, 15) is 8.78 Å². The molecule has 0 aliphatic carbocycles. The molecule has 0 aliphatic rings. The molecule has 0 aliphatic heterocycles. The Balaban J connectivity index is 3.05. The molecule has 1 aromatic carbocycles. The molecule has 3 heteroatoms. The summed E-state index contributed by atoms with van der Waals surface area (Å²) in [6, 6.07) is 2.19. The minimum absolute atomic E-state index is 0.0138. The highest BCUT2D eigenvalue weighted by Gasteiger charge is 2.06. The first kappa shape index (κ1) is 8.97. The van der Waals surface area contributed by atoms with Crippen molar-refractivity contribution in [2.75, 3.05) is 5.73 Å². The van der Waals surface area contributed by atoms with Crippen LogP contribution in [0, 0.1) is 11.6 Å². The van der Waals surface area contributed by atoms with Crippen LogP contribution in [0.2, 0.25) is 0 Å². The Bertz CT molecular complexity index is 284. The summed E-state index contributed by atoms with van der Waals surface area (Å²) in [7, 11) is 0. The molecule has 0 unspecified atom stereocenters. The van der Waals surface area contributed by atoms with Crippen molar-refractivity contribution in [3.05, 3.63) is 29.3 Å². The topological polar surface area (TPSA) is 26.0 Å². The highest BCUT2D eigenvalue weighted by molar-refractivity contribution is 5.43. The fourth-order valence-electron chi connectivity index (χ4n) is 1.07. The van der Waals surface area contributed by atoms with Crippen LogP contribution in [-0.2, 0) is 6.42 Å². The molecule has 0 fully saturated rings. The first-order chi connectivity index (χ1) is 5.65. The number of anilines is 1. The molecule has 0 atom stereocenters. The van der Waals surface area contributed by atoms with Gasteiger partial charge in [0, 0.05) is 6.07 Å². The Morgan fingerprint density at radius 2 is 1.92 bits per heavy atom. The van der Waals surface area contributed by atoms with Gasteiger partial charge >= 0.3 is 0 Å². The lowest BCUT2D eigenvalue weighted by atomic mass is 10.1. The van der Waals surface area contributed by atoms with Gasteiger partial charge in [0.15, 0.2) is 0 Å². The fraction of sp³-hybridized carbons (Fsp3) is 0.333. The van der Waals surface area contributed by atoms with Gasteiger partial charge in [-0.25, -0.2) is 8.78 Å². The zero-order valence-corrected chi connectivity index (χ0v) is 6.90. The second-order valence-electron chi connectivity index (χ2n) is 2.72. The minimum atomic E-state index is -0.688. The van der Waals surface area contributed by atoms with Gasteiger partial charge in [-0.2, -0.15) is 0 Å². The molecule has 12 heavy (non-hydrogen) atoms. The summed E-state index contributed by atoms with van der Waals surface area (Å²) in [5.74, 6) is -1.20. The second-order valence-corrected chi connectivity index (χ2v) is 2.72. The van der Waals surface area contributed by atoms with Gasteiger partial charge in [0.2, 0.25) is 0 Å². The molecule has 0 heterocycles. The zero-order valence-electron chi connectivity index (χ0n) is 6.90. The quantitative estimate of drug-likeness (QED) is 0.680. The minimum Gasteiger partial charge on any atom is -0.396 e. The Morgan fingerprint density at radius 3 is 2.50 bits per heavy atom. The van der Waals surface area contributed by atoms with E-state index in [2.05, 4.69) is 0 Å². The second kappa shape index (κ2) is 3.52. The molecule has 0 spiro atoms. The average molecular weight is 171 g/mol. The van der Waals surface area contributed by atoms with Crippen LogP contribution in [0.15, 0.2) is 12.1 Å². The third kappa shape index (κ3) is 1.72. The largest absolute Gasteiger partial charge is 0.396 e. The Morgan fingerprint density at radius 1 is 1.25 bits per heavy atom. The van der Waals surface area contributed by atoms with Gasteiger partial charge in [0.1, 0.15) is 11.6 Å². The molecular weight excluding hydrogens is 160 g/mol. The molecule has 1 rings (SSSR count). The number of nitrogen functional groups attached to an aromatic ring is 1. The predicted molar refractivity (Wildman–Crippen MR) is 44.8 cm³/mol. The van der Waals surface area contributed by atoms with Crippen LogP contribution in [0.5, 0.6) is 0 Å². The van der Waals surface area contributed by atoms with Gasteiger partial charge < -0.3 is 5.73 Å². The van der Waals surface area contributed by atoms with Crippen molar-refractivity contribution in [3.8, 4) is 0 Å². The normalized spacial score (nSPS) is 10.2. The number of benzene rings is 1. The number of halogens is 2. The van der Waals surface area contributed by atoms with Crippen LogP contribution in [0.4, 0.5) is 14.5 Å². The number of aryl methyl sites for hydroxylation is 1. The maximum absolute atomic E-state index is 12.9. The molecule has 1 aromatic rings. The molecule has 0 aromatic heterocycles. The molecule has 0 radical (unpaired) electrons. The summed E-state index contributed by atoms with van der Waals surface area (Å²) in [5.41, 5.74) is 5.77. The summed E-state index contributed by atoms with van der Waals surface area (Å²) in [5, 5.41) is 0. The van der Waals surface area contributed by atoms with Gasteiger partial charge in [0.25, 0.3) is 0 Å². The van der Waals surface area contributed by atoms with Gasteiger partial charge in [0.05, 0.1) is 5.69 Å². The highest BCUT2D eigenvalue weighted by Crippen LogP contribution is 2.17. The number of hydrogen-bond acceptors (Lipinski definition) is 1. The molecule has 0 saturated heterocycles. The van der Waals surface area contributed by atoms with Gasteiger partial charge in [-0.05, 0) is 18.1 Å². The lowest BCUT2D eigenvalue weighted by Gasteiger charge is -2.03. The number of nitrogens with two attached hydrogens (primary N) is 1. The van der Waals surface area contributed by atoms with Crippen molar-refractivity contribution >= 4 is 5.69 Å².